The second-order valence-corrected chi connectivity index (χ2v) is 12.9. The summed E-state index contributed by atoms with van der Waals surface area (Å²) in [5.41, 5.74) is 2.10. The number of benzene rings is 3. The zero-order valence-electron chi connectivity index (χ0n) is 22.7. The number of amides is 3. The standard InChI is InChI=1S/C31H24BrN3O6S2/c1-2-41-30(39)18-8-12-20(13-9-18)33-22(36)16-34-29-26(43-31(34)40)23(17-6-4-3-5-7-17)24-25(42-29)28(38)35(27(24)37)21-14-10-19(32)11-15-21/h3-15,23-25H,2,16H2,1H3,(H,33,36)/t23-,24?,25?/m1/s1. The van der Waals surface area contributed by atoms with Crippen LogP contribution in [0.2, 0.25) is 0 Å². The second-order valence-electron chi connectivity index (χ2n) is 9.91. The van der Waals surface area contributed by atoms with Crippen molar-refractivity contribution in [2.75, 3.05) is 16.8 Å². The summed E-state index contributed by atoms with van der Waals surface area (Å²) in [7, 11) is 0. The molecule has 1 N–H and O–H groups in total. The Morgan fingerprint density at radius 2 is 1.63 bits per heavy atom. The molecule has 1 fully saturated rings. The van der Waals surface area contributed by atoms with E-state index >= 15 is 0 Å². The van der Waals surface area contributed by atoms with Gasteiger partial charge in [0.05, 0.1) is 28.8 Å². The Labute approximate surface area is 263 Å². The summed E-state index contributed by atoms with van der Waals surface area (Å²) >= 11 is 5.56. The van der Waals surface area contributed by atoms with Gasteiger partial charge in [0.15, 0.2) is 0 Å². The number of hydrogen-bond donors (Lipinski definition) is 1. The fraction of sp³-hybridized carbons (Fsp3) is 0.194. The molecule has 2 unspecified atom stereocenters. The molecule has 218 valence electrons. The number of imide groups is 1. The van der Waals surface area contributed by atoms with E-state index in [9.17, 15) is 24.0 Å². The molecule has 4 aromatic rings. The van der Waals surface area contributed by atoms with Crippen LogP contribution in [0.3, 0.4) is 0 Å². The van der Waals surface area contributed by atoms with Crippen molar-refractivity contribution >= 4 is 74.1 Å². The number of thiazole rings is 1. The van der Waals surface area contributed by atoms with Gasteiger partial charge in [0, 0.05) is 21.0 Å². The van der Waals surface area contributed by atoms with Gasteiger partial charge in [0.1, 0.15) is 11.8 Å². The van der Waals surface area contributed by atoms with Crippen LogP contribution < -0.4 is 15.1 Å². The van der Waals surface area contributed by atoms with Crippen LogP contribution in [0.25, 0.3) is 0 Å². The van der Waals surface area contributed by atoms with Gasteiger partial charge in [-0.25, -0.2) is 9.69 Å². The number of hydrogen-bond acceptors (Lipinski definition) is 8. The predicted octanol–water partition coefficient (Wildman–Crippen LogP) is 5.28. The maximum Gasteiger partial charge on any atom is 0.338 e. The van der Waals surface area contributed by atoms with Crippen molar-refractivity contribution in [1.82, 2.24) is 4.57 Å². The van der Waals surface area contributed by atoms with Gasteiger partial charge in [-0.3, -0.25) is 23.7 Å². The molecule has 3 amide bonds. The molecule has 3 heterocycles. The van der Waals surface area contributed by atoms with Crippen LogP contribution in [-0.4, -0.2) is 40.1 Å². The number of nitrogens with zero attached hydrogens (tertiary/aromatic N) is 2. The summed E-state index contributed by atoms with van der Waals surface area (Å²) in [6.07, 6.45) is 0. The zero-order valence-corrected chi connectivity index (χ0v) is 25.9. The van der Waals surface area contributed by atoms with Crippen LogP contribution in [0.1, 0.15) is 33.6 Å². The van der Waals surface area contributed by atoms with E-state index < -0.39 is 29.0 Å². The lowest BCUT2D eigenvalue weighted by atomic mass is 9.83. The second kappa shape index (κ2) is 11.9. The lowest BCUT2D eigenvalue weighted by molar-refractivity contribution is -0.122. The van der Waals surface area contributed by atoms with E-state index in [1.165, 1.54) is 21.2 Å². The van der Waals surface area contributed by atoms with Crippen LogP contribution in [0.15, 0.2) is 93.2 Å². The van der Waals surface area contributed by atoms with Crippen LogP contribution >= 0.6 is 39.0 Å². The number of esters is 1. The number of nitrogens with one attached hydrogen (secondary N) is 1. The Morgan fingerprint density at radius 1 is 0.930 bits per heavy atom. The summed E-state index contributed by atoms with van der Waals surface area (Å²) < 4.78 is 7.19. The van der Waals surface area contributed by atoms with Gasteiger partial charge in [0.2, 0.25) is 17.7 Å². The largest absolute Gasteiger partial charge is 0.462 e. The Morgan fingerprint density at radius 3 is 2.30 bits per heavy atom. The van der Waals surface area contributed by atoms with Crippen molar-refractivity contribution in [3.8, 4) is 0 Å². The molecule has 3 aromatic carbocycles. The predicted molar refractivity (Wildman–Crippen MR) is 168 cm³/mol. The maximum atomic E-state index is 13.9. The topological polar surface area (TPSA) is 115 Å². The summed E-state index contributed by atoms with van der Waals surface area (Å²) in [5, 5.41) is 2.50. The Balaban J connectivity index is 1.32. The van der Waals surface area contributed by atoms with Crippen LogP contribution in [0, 0.1) is 5.92 Å². The van der Waals surface area contributed by atoms with E-state index in [-0.39, 0.29) is 29.8 Å². The molecule has 1 saturated heterocycles. The first-order chi connectivity index (χ1) is 20.8. The molecular formula is C31H24BrN3O6S2. The van der Waals surface area contributed by atoms with E-state index in [0.717, 1.165) is 21.4 Å². The van der Waals surface area contributed by atoms with Crippen LogP contribution in [0.4, 0.5) is 11.4 Å². The molecule has 43 heavy (non-hydrogen) atoms. The molecule has 0 bridgehead atoms. The molecular weight excluding hydrogens is 654 g/mol. The molecule has 0 radical (unpaired) electrons. The molecule has 0 aliphatic carbocycles. The fourth-order valence-corrected chi connectivity index (χ4v) is 8.41. The van der Waals surface area contributed by atoms with Crippen molar-refractivity contribution in [1.29, 1.82) is 0 Å². The van der Waals surface area contributed by atoms with Gasteiger partial charge in [-0.05, 0) is 61.0 Å². The molecule has 12 heteroatoms. The molecule has 6 rings (SSSR count). The lowest BCUT2D eigenvalue weighted by Crippen LogP contribution is -2.33. The molecule has 2 aliphatic heterocycles. The van der Waals surface area contributed by atoms with Crippen molar-refractivity contribution in [2.45, 2.75) is 29.7 Å². The average molecular weight is 679 g/mol. The summed E-state index contributed by atoms with van der Waals surface area (Å²) in [5.74, 6) is -2.83. The zero-order chi connectivity index (χ0) is 30.2. The van der Waals surface area contributed by atoms with Gasteiger partial charge >= 0.3 is 10.8 Å². The number of rotatable bonds is 7. The third-order valence-electron chi connectivity index (χ3n) is 7.27. The molecule has 1 aromatic heterocycles. The monoisotopic (exact) mass is 677 g/mol. The van der Waals surface area contributed by atoms with Gasteiger partial charge < -0.3 is 10.1 Å². The van der Waals surface area contributed by atoms with E-state index in [2.05, 4.69) is 21.2 Å². The minimum atomic E-state index is -0.771. The maximum absolute atomic E-state index is 13.9. The molecule has 9 nitrogen and oxygen atoms in total. The van der Waals surface area contributed by atoms with Crippen LogP contribution in [-0.2, 0) is 25.7 Å². The minimum Gasteiger partial charge on any atom is -0.462 e. The highest BCUT2D eigenvalue weighted by Crippen LogP contribution is 2.53. The van der Waals surface area contributed by atoms with E-state index in [1.807, 2.05) is 30.3 Å². The minimum absolute atomic E-state index is 0.254. The summed E-state index contributed by atoms with van der Waals surface area (Å²) in [6.45, 7) is 1.69. The Kier molecular flexibility index (Phi) is 8.08. The number of anilines is 2. The third-order valence-corrected chi connectivity index (χ3v) is 10.4. The molecule has 0 saturated carbocycles. The number of aromatic nitrogens is 1. The number of carbonyl (C=O) groups is 4. The third kappa shape index (κ3) is 5.46. The first kappa shape index (κ1) is 29.1. The Bertz CT molecular complexity index is 1790. The van der Waals surface area contributed by atoms with Gasteiger partial charge in [-0.2, -0.15) is 0 Å². The first-order valence-corrected chi connectivity index (χ1v) is 15.9. The number of halogens is 1. The number of fused-ring (bicyclic) bond motifs is 2. The van der Waals surface area contributed by atoms with E-state index in [4.69, 9.17) is 4.74 Å². The summed E-state index contributed by atoms with van der Waals surface area (Å²) in [4.78, 5) is 67.6. The highest BCUT2D eigenvalue weighted by molar-refractivity contribution is 9.10. The highest BCUT2D eigenvalue weighted by atomic mass is 79.9. The van der Waals surface area contributed by atoms with Crippen molar-refractivity contribution in [3.05, 3.63) is 109 Å². The van der Waals surface area contributed by atoms with Crippen molar-refractivity contribution < 1.29 is 23.9 Å². The normalized spacial score (nSPS) is 19.1. The number of carbonyl (C=O) groups excluding carboxylic acids is 4. The Hall–Kier alpha value is -4.00. The van der Waals surface area contributed by atoms with Gasteiger partial charge in [-0.15, -0.1) is 0 Å². The van der Waals surface area contributed by atoms with Gasteiger partial charge in [0.25, 0.3) is 0 Å². The van der Waals surface area contributed by atoms with Crippen molar-refractivity contribution in [3.63, 3.8) is 0 Å². The quantitative estimate of drug-likeness (QED) is 0.209. The van der Waals surface area contributed by atoms with Crippen LogP contribution in [0.5, 0.6) is 0 Å². The van der Waals surface area contributed by atoms with E-state index in [1.54, 1.807) is 55.5 Å². The summed E-state index contributed by atoms with van der Waals surface area (Å²) in [6, 6.07) is 22.6. The first-order valence-electron chi connectivity index (χ1n) is 13.4. The SMILES string of the molecule is CCOC(=O)c1ccc(NC(=O)Cn2c3c(sc2=O)[C@H](c2ccccc2)C2C(=O)N(c4ccc(Br)cc4)C(=O)C2S3)cc1. The molecule has 0 spiro atoms. The molecule has 2 aliphatic rings. The highest BCUT2D eigenvalue weighted by Gasteiger charge is 2.56. The van der Waals surface area contributed by atoms with Crippen molar-refractivity contribution in [2.24, 2.45) is 5.92 Å². The number of thioether (sulfide) groups is 1. The van der Waals surface area contributed by atoms with Gasteiger partial charge in [-0.1, -0.05) is 69.4 Å². The molecule has 3 atom stereocenters. The smallest absolute Gasteiger partial charge is 0.338 e. The van der Waals surface area contributed by atoms with E-state index in [0.29, 0.717) is 26.8 Å². The average Bonchev–Trinajstić information content (AvgIpc) is 3.44. The lowest BCUT2D eigenvalue weighted by Gasteiger charge is -2.30. The number of ether oxygens (including phenoxy) is 1. The fourth-order valence-electron chi connectivity index (χ4n) is 5.37.